The molecule has 0 aliphatic rings. The van der Waals surface area contributed by atoms with E-state index in [4.69, 9.17) is 0 Å². The minimum Gasteiger partial charge on any atom is -0.294 e. The Kier molecular flexibility index (Phi) is 3.58. The molecule has 0 N–H and O–H groups in total. The summed E-state index contributed by atoms with van der Waals surface area (Å²) >= 11 is 1.66. The maximum absolute atomic E-state index is 12.4. The SMILES string of the molecule is CC(CC(=O)c1cccc2ccsc12)C(C)(C)C. The van der Waals surface area contributed by atoms with E-state index >= 15 is 0 Å². The molecule has 2 heteroatoms. The van der Waals surface area contributed by atoms with Gasteiger partial charge >= 0.3 is 0 Å². The van der Waals surface area contributed by atoms with Crippen molar-refractivity contribution in [2.45, 2.75) is 34.1 Å². The number of carbonyl (C=O) groups excluding carboxylic acids is 1. The molecule has 2 rings (SSSR count). The van der Waals surface area contributed by atoms with E-state index in [0.29, 0.717) is 12.3 Å². The molecule has 1 aromatic carbocycles. The minimum absolute atomic E-state index is 0.180. The van der Waals surface area contributed by atoms with Crippen LogP contribution < -0.4 is 0 Å². The molecule has 1 unspecified atom stereocenters. The minimum atomic E-state index is 0.180. The Morgan fingerprint density at radius 1 is 1.28 bits per heavy atom. The van der Waals surface area contributed by atoms with Gasteiger partial charge in [-0.1, -0.05) is 39.8 Å². The van der Waals surface area contributed by atoms with Gasteiger partial charge in [0.2, 0.25) is 0 Å². The predicted octanol–water partition coefficient (Wildman–Crippen LogP) is 5.16. The van der Waals surface area contributed by atoms with Crippen molar-refractivity contribution in [1.82, 2.24) is 0 Å². The lowest BCUT2D eigenvalue weighted by atomic mass is 9.78. The Morgan fingerprint density at radius 2 is 2.00 bits per heavy atom. The van der Waals surface area contributed by atoms with Crippen LogP contribution in [0.5, 0.6) is 0 Å². The van der Waals surface area contributed by atoms with Crippen molar-refractivity contribution in [2.24, 2.45) is 11.3 Å². The molecular formula is C16H20OS. The fourth-order valence-electron chi connectivity index (χ4n) is 1.91. The molecule has 0 fully saturated rings. The van der Waals surface area contributed by atoms with Gasteiger partial charge in [0.05, 0.1) is 0 Å². The van der Waals surface area contributed by atoms with Gasteiger partial charge in [-0.25, -0.2) is 0 Å². The van der Waals surface area contributed by atoms with E-state index in [1.54, 1.807) is 11.3 Å². The van der Waals surface area contributed by atoms with Crippen molar-refractivity contribution in [3.8, 4) is 0 Å². The normalized spacial score (nSPS) is 13.8. The second kappa shape index (κ2) is 4.85. The first-order valence-electron chi connectivity index (χ1n) is 6.39. The van der Waals surface area contributed by atoms with Gasteiger partial charge in [-0.2, -0.15) is 0 Å². The lowest BCUT2D eigenvalue weighted by Crippen LogP contribution is -2.20. The van der Waals surface area contributed by atoms with Crippen molar-refractivity contribution in [3.05, 3.63) is 35.2 Å². The smallest absolute Gasteiger partial charge is 0.164 e. The van der Waals surface area contributed by atoms with Crippen molar-refractivity contribution in [1.29, 1.82) is 0 Å². The van der Waals surface area contributed by atoms with Gasteiger partial charge in [0.15, 0.2) is 5.78 Å². The summed E-state index contributed by atoms with van der Waals surface area (Å²) in [5.74, 6) is 0.658. The number of hydrogen-bond donors (Lipinski definition) is 0. The van der Waals surface area contributed by atoms with Gasteiger partial charge in [-0.3, -0.25) is 4.79 Å². The second-order valence-corrected chi connectivity index (χ2v) is 6.96. The summed E-state index contributed by atoms with van der Waals surface area (Å²) in [4.78, 5) is 12.4. The van der Waals surface area contributed by atoms with Crippen LogP contribution in [0.15, 0.2) is 29.6 Å². The zero-order valence-corrected chi connectivity index (χ0v) is 12.3. The Labute approximate surface area is 113 Å². The third-order valence-corrected chi connectivity index (χ3v) is 4.71. The maximum atomic E-state index is 12.4. The lowest BCUT2D eigenvalue weighted by molar-refractivity contribution is 0.0929. The van der Waals surface area contributed by atoms with Gasteiger partial charge in [0.25, 0.3) is 0 Å². The molecule has 0 radical (unpaired) electrons. The number of carbonyl (C=O) groups is 1. The third-order valence-electron chi connectivity index (χ3n) is 3.75. The number of hydrogen-bond acceptors (Lipinski definition) is 2. The molecule has 0 spiro atoms. The summed E-state index contributed by atoms with van der Waals surface area (Å²) in [5, 5.41) is 3.23. The summed E-state index contributed by atoms with van der Waals surface area (Å²) in [7, 11) is 0. The summed E-state index contributed by atoms with van der Waals surface area (Å²) in [6.45, 7) is 8.73. The molecule has 1 aromatic heterocycles. The summed E-state index contributed by atoms with van der Waals surface area (Å²) in [5.41, 5.74) is 1.07. The molecule has 0 aliphatic carbocycles. The Bertz CT molecular complexity index is 560. The van der Waals surface area contributed by atoms with Gasteiger partial charge in [0, 0.05) is 16.7 Å². The van der Waals surface area contributed by atoms with Crippen molar-refractivity contribution >= 4 is 27.2 Å². The van der Waals surface area contributed by atoms with Crippen LogP contribution in [0.3, 0.4) is 0 Å². The summed E-state index contributed by atoms with van der Waals surface area (Å²) in [6, 6.07) is 8.07. The van der Waals surface area contributed by atoms with Gasteiger partial charge in [-0.05, 0) is 34.2 Å². The number of rotatable bonds is 3. The maximum Gasteiger partial charge on any atom is 0.164 e. The highest BCUT2D eigenvalue weighted by Crippen LogP contribution is 2.31. The average molecular weight is 260 g/mol. The highest BCUT2D eigenvalue weighted by Gasteiger charge is 2.23. The van der Waals surface area contributed by atoms with Crippen molar-refractivity contribution in [3.63, 3.8) is 0 Å². The van der Waals surface area contributed by atoms with Crippen LogP contribution in [0.25, 0.3) is 10.1 Å². The monoisotopic (exact) mass is 260 g/mol. The van der Waals surface area contributed by atoms with E-state index in [9.17, 15) is 4.79 Å². The molecular weight excluding hydrogens is 240 g/mol. The van der Waals surface area contributed by atoms with Gasteiger partial charge < -0.3 is 0 Å². The van der Waals surface area contributed by atoms with Crippen LogP contribution in [0.2, 0.25) is 0 Å². The van der Waals surface area contributed by atoms with E-state index in [-0.39, 0.29) is 11.2 Å². The van der Waals surface area contributed by atoms with Gasteiger partial charge in [0.1, 0.15) is 0 Å². The highest BCUT2D eigenvalue weighted by atomic mass is 32.1. The predicted molar refractivity (Wildman–Crippen MR) is 79.4 cm³/mol. The Hall–Kier alpha value is -1.15. The van der Waals surface area contributed by atoms with Crippen LogP contribution >= 0.6 is 11.3 Å². The molecule has 1 atom stereocenters. The Morgan fingerprint density at radius 3 is 2.67 bits per heavy atom. The van der Waals surface area contributed by atoms with E-state index in [1.807, 2.05) is 12.1 Å². The first-order chi connectivity index (χ1) is 8.39. The molecule has 96 valence electrons. The fourth-order valence-corrected chi connectivity index (χ4v) is 2.84. The molecule has 0 amide bonds. The molecule has 0 saturated carbocycles. The van der Waals surface area contributed by atoms with Crippen LogP contribution in [0.1, 0.15) is 44.5 Å². The van der Waals surface area contributed by atoms with E-state index in [2.05, 4.69) is 45.2 Å². The first kappa shape index (κ1) is 13.3. The number of ketones is 1. The number of benzene rings is 1. The van der Waals surface area contributed by atoms with Crippen molar-refractivity contribution < 1.29 is 4.79 Å². The number of thiophene rings is 1. The third kappa shape index (κ3) is 2.64. The van der Waals surface area contributed by atoms with E-state index in [0.717, 1.165) is 10.3 Å². The molecule has 18 heavy (non-hydrogen) atoms. The molecule has 0 saturated heterocycles. The number of Topliss-reactive ketones (excluding diaryl/α,β-unsaturated/α-hetero) is 1. The number of fused-ring (bicyclic) bond motifs is 1. The van der Waals surface area contributed by atoms with Crippen LogP contribution in [-0.4, -0.2) is 5.78 Å². The van der Waals surface area contributed by atoms with Gasteiger partial charge in [-0.15, -0.1) is 11.3 Å². The summed E-state index contributed by atoms with van der Waals surface area (Å²) < 4.78 is 1.13. The Balaban J connectivity index is 2.27. The highest BCUT2D eigenvalue weighted by molar-refractivity contribution is 7.17. The van der Waals surface area contributed by atoms with Crippen LogP contribution in [-0.2, 0) is 0 Å². The molecule has 0 bridgehead atoms. The molecule has 0 aliphatic heterocycles. The topological polar surface area (TPSA) is 17.1 Å². The van der Waals surface area contributed by atoms with E-state index < -0.39 is 0 Å². The fraction of sp³-hybridized carbons (Fsp3) is 0.438. The quantitative estimate of drug-likeness (QED) is 0.697. The zero-order chi connectivity index (χ0) is 13.3. The van der Waals surface area contributed by atoms with E-state index in [1.165, 1.54) is 5.39 Å². The lowest BCUT2D eigenvalue weighted by Gasteiger charge is -2.26. The first-order valence-corrected chi connectivity index (χ1v) is 7.27. The molecule has 2 aromatic rings. The molecule has 1 nitrogen and oxygen atoms in total. The summed E-state index contributed by atoms with van der Waals surface area (Å²) in [6.07, 6.45) is 0.626. The van der Waals surface area contributed by atoms with Crippen LogP contribution in [0.4, 0.5) is 0 Å². The van der Waals surface area contributed by atoms with Crippen LogP contribution in [0, 0.1) is 11.3 Å². The van der Waals surface area contributed by atoms with Crippen molar-refractivity contribution in [2.75, 3.05) is 0 Å². The average Bonchev–Trinajstić information content (AvgIpc) is 2.74. The largest absolute Gasteiger partial charge is 0.294 e. The zero-order valence-electron chi connectivity index (χ0n) is 11.5. The second-order valence-electron chi connectivity index (χ2n) is 6.04. The molecule has 1 heterocycles. The standard InChI is InChI=1S/C16H20OS/c1-11(16(2,3)4)10-14(17)13-7-5-6-12-8-9-18-15(12)13/h5-9,11H,10H2,1-4H3.